The third kappa shape index (κ3) is 5.69. The van der Waals surface area contributed by atoms with Gasteiger partial charge in [0.15, 0.2) is 0 Å². The molecular weight excluding hydrogens is 1010 g/mol. The summed E-state index contributed by atoms with van der Waals surface area (Å²) in [6.07, 6.45) is 1.75. The van der Waals surface area contributed by atoms with Crippen molar-refractivity contribution in [2.45, 2.75) is 49.5 Å². The van der Waals surface area contributed by atoms with Crippen LogP contribution in [0.4, 0.5) is 17.1 Å². The molecule has 6 heteroatoms. The van der Waals surface area contributed by atoms with E-state index in [1.807, 2.05) is 30.3 Å². The van der Waals surface area contributed by atoms with Gasteiger partial charge in [0.05, 0.1) is 11.0 Å². The number of aromatic nitrogens is 2. The second-order valence-electron chi connectivity index (χ2n) is 19.2. The Labute approximate surface area is 417 Å². The first-order valence-electron chi connectivity index (χ1n) is 25.1. The number of benzene rings is 8. The van der Waals surface area contributed by atoms with E-state index in [2.05, 4.69) is 177 Å². The number of hydrogen-bond donors (Lipinski definition) is 0. The smallest absolute Gasteiger partial charge is 0.135 e. The van der Waals surface area contributed by atoms with Gasteiger partial charge in [0.1, 0.15) is 5.82 Å². The number of ether oxygens (including phenoxy) is 1. The monoisotopic (exact) mass is 1060 g/mol. The molecule has 0 amide bonds. The van der Waals surface area contributed by atoms with Crippen molar-refractivity contribution < 1.29 is 31.3 Å². The number of hydrogen-bond acceptors (Lipinski definition) is 4. The number of pyridine rings is 1. The molecule has 0 saturated carbocycles. The quantitative estimate of drug-likeness (QED) is 0.161. The molecule has 3 heterocycles. The fraction of sp³-hybridized carbons (Fsp3) is 0.129. The molecule has 0 N–H and O–H groups in total. The number of anilines is 3. The van der Waals surface area contributed by atoms with Crippen molar-refractivity contribution in [2.75, 3.05) is 9.80 Å². The van der Waals surface area contributed by atoms with Crippen LogP contribution in [-0.2, 0) is 32.0 Å². The number of fused-ring (bicyclic) bond motifs is 4. The SMILES string of the molecule is [2H]c1c([2H])c([2H])c2c(c1[2H])c1ccc(Oc3[c-]c(N4[CH-]N(C56c7ccccc7C(c7ccccc75)C5c7ccccc7C6c6ccccc65)c5ccccc54)ccc3)[c-]c1n2-c1cc(C(C)(C)C)ccn1.[Pt]. The Morgan fingerprint density at radius 1 is 0.618 bits per heavy atom. The molecule has 8 aromatic carbocycles. The van der Waals surface area contributed by atoms with Gasteiger partial charge in [-0.05, 0) is 91.2 Å². The zero-order valence-electron chi connectivity index (χ0n) is 41.5. The van der Waals surface area contributed by atoms with E-state index < -0.39 is 5.54 Å². The molecule has 1 aliphatic heterocycles. The third-order valence-electron chi connectivity index (χ3n) is 14.8. The number of nitrogens with zero attached hydrogens (tertiary/aromatic N) is 4. The summed E-state index contributed by atoms with van der Waals surface area (Å²) in [5.74, 6) is 1.62. The fourth-order valence-electron chi connectivity index (χ4n) is 12.1. The second kappa shape index (κ2) is 15.2. The Bertz CT molecular complexity index is 3800. The topological polar surface area (TPSA) is 33.5 Å². The summed E-state index contributed by atoms with van der Waals surface area (Å²) in [5.41, 5.74) is 14.8. The van der Waals surface area contributed by atoms with Crippen LogP contribution in [0.3, 0.4) is 0 Å². The summed E-state index contributed by atoms with van der Waals surface area (Å²) >= 11 is 0. The maximum absolute atomic E-state index is 9.10. The summed E-state index contributed by atoms with van der Waals surface area (Å²) in [7, 11) is 0. The van der Waals surface area contributed by atoms with Crippen LogP contribution in [0.1, 0.15) is 94.1 Å². The van der Waals surface area contributed by atoms with E-state index in [0.717, 1.165) is 22.6 Å². The summed E-state index contributed by atoms with van der Waals surface area (Å²) < 4.78 is 43.9. The average Bonchev–Trinajstić information content (AvgIpc) is 3.95. The predicted molar refractivity (Wildman–Crippen MR) is 269 cm³/mol. The number of rotatable bonds is 5. The van der Waals surface area contributed by atoms with Gasteiger partial charge in [0.2, 0.25) is 0 Å². The van der Waals surface area contributed by atoms with Gasteiger partial charge in [0, 0.05) is 73.4 Å². The molecule has 0 spiro atoms. The second-order valence-corrected chi connectivity index (χ2v) is 19.2. The van der Waals surface area contributed by atoms with Crippen LogP contribution >= 0.6 is 0 Å². The maximum Gasteiger partial charge on any atom is 0.135 e. The van der Waals surface area contributed by atoms with Crippen molar-refractivity contribution in [2.24, 2.45) is 0 Å². The first-order valence-corrected chi connectivity index (χ1v) is 23.1. The molecule has 17 rings (SSSR count). The average molecular weight is 1060 g/mol. The standard InChI is InChI=1S/C62H45N4O.Pt/c1-61(2,3)39-33-34-63-57(35-39)66-53-28-13-10-19-43(53)44-32-31-42(37-56(44)66)67-41-18-16-17-40(36-41)64-38-65(55-30-15-14-29-54(55)64)62-51-26-11-8-24-49(51)59(50-25-9-12-27-52(50)62)58-45-20-4-6-22-47(45)60(62)48-23-7-5-21-46(48)58;/h4-35,38,58-60H,1-3H3;/q-3;/i10D,13D,19D,28D;. The molecule has 332 valence electrons. The molecule has 0 atom stereocenters. The Hall–Kier alpha value is -7.20. The molecule has 0 radical (unpaired) electrons. The minimum Gasteiger partial charge on any atom is -0.509 e. The van der Waals surface area contributed by atoms with Crippen LogP contribution < -0.4 is 14.5 Å². The van der Waals surface area contributed by atoms with Crippen molar-refractivity contribution in [1.29, 1.82) is 0 Å². The number of para-hydroxylation sites is 3. The van der Waals surface area contributed by atoms with Crippen LogP contribution in [0.15, 0.2) is 194 Å². The summed E-state index contributed by atoms with van der Waals surface area (Å²) in [5, 5.41) is 1.02. The minimum absolute atomic E-state index is 0. The van der Waals surface area contributed by atoms with Gasteiger partial charge in [-0.25, -0.2) is 4.98 Å². The molecule has 4 bridgehead atoms. The van der Waals surface area contributed by atoms with Crippen LogP contribution in [-0.4, -0.2) is 9.55 Å². The first-order chi connectivity index (χ1) is 34.5. The van der Waals surface area contributed by atoms with Gasteiger partial charge < -0.3 is 19.1 Å². The van der Waals surface area contributed by atoms with Gasteiger partial charge in [-0.3, -0.25) is 0 Å². The Balaban J connectivity index is 0.00000504. The fourth-order valence-corrected chi connectivity index (χ4v) is 12.1. The Kier molecular flexibility index (Phi) is 8.21. The summed E-state index contributed by atoms with van der Waals surface area (Å²) in [4.78, 5) is 9.55. The molecule has 7 aliphatic rings. The van der Waals surface area contributed by atoms with Crippen LogP contribution in [0.5, 0.6) is 11.5 Å². The van der Waals surface area contributed by atoms with E-state index in [0.29, 0.717) is 39.1 Å². The van der Waals surface area contributed by atoms with E-state index in [1.54, 1.807) is 16.8 Å². The molecule has 68 heavy (non-hydrogen) atoms. The molecule has 6 aliphatic carbocycles. The first kappa shape index (κ1) is 36.9. The van der Waals surface area contributed by atoms with Crippen molar-refractivity contribution >= 4 is 38.9 Å². The Morgan fingerprint density at radius 3 is 1.93 bits per heavy atom. The van der Waals surface area contributed by atoms with Crippen LogP contribution in [0.25, 0.3) is 27.6 Å². The largest absolute Gasteiger partial charge is 0.509 e. The van der Waals surface area contributed by atoms with Gasteiger partial charge in [-0.15, -0.1) is 41.4 Å². The van der Waals surface area contributed by atoms with E-state index in [1.165, 1.54) is 44.5 Å². The Morgan fingerprint density at radius 2 is 1.22 bits per heavy atom. The molecule has 0 unspecified atom stereocenters. The maximum atomic E-state index is 9.10. The molecule has 0 fully saturated rings. The molecule has 10 aromatic rings. The van der Waals surface area contributed by atoms with Crippen LogP contribution in [0.2, 0.25) is 0 Å². The van der Waals surface area contributed by atoms with Crippen molar-refractivity contribution in [3.8, 4) is 17.3 Å². The van der Waals surface area contributed by atoms with Crippen molar-refractivity contribution in [1.82, 2.24) is 9.55 Å². The zero-order chi connectivity index (χ0) is 48.1. The normalized spacial score (nSPS) is 20.2. The van der Waals surface area contributed by atoms with Gasteiger partial charge in [0.25, 0.3) is 0 Å². The third-order valence-corrected chi connectivity index (χ3v) is 14.8. The molecular formula is C62H45N4OPt-3. The van der Waals surface area contributed by atoms with E-state index in [4.69, 9.17) is 15.2 Å². The van der Waals surface area contributed by atoms with Gasteiger partial charge in [-0.1, -0.05) is 154 Å². The van der Waals surface area contributed by atoms with E-state index >= 15 is 0 Å². The molecule has 2 aromatic heterocycles. The molecule has 0 saturated heterocycles. The predicted octanol–water partition coefficient (Wildman–Crippen LogP) is 14.6. The zero-order valence-corrected chi connectivity index (χ0v) is 39.8. The van der Waals surface area contributed by atoms with Crippen molar-refractivity contribution in [3.05, 3.63) is 263 Å². The van der Waals surface area contributed by atoms with Gasteiger partial charge in [-0.2, -0.15) is 18.8 Å². The van der Waals surface area contributed by atoms with E-state index in [9.17, 15) is 0 Å². The van der Waals surface area contributed by atoms with Crippen molar-refractivity contribution in [3.63, 3.8) is 0 Å². The summed E-state index contributed by atoms with van der Waals surface area (Å²) in [6, 6.07) is 65.1. The minimum atomic E-state index is -0.705. The summed E-state index contributed by atoms with van der Waals surface area (Å²) in [6.45, 7) is 8.67. The van der Waals surface area contributed by atoms with E-state index in [-0.39, 0.29) is 68.4 Å². The van der Waals surface area contributed by atoms with Gasteiger partial charge >= 0.3 is 0 Å². The van der Waals surface area contributed by atoms with Crippen LogP contribution in [0, 0.1) is 18.8 Å². The molecule has 5 nitrogen and oxygen atoms in total.